The molecule has 1 atom stereocenters. The Hall–Kier alpha value is -2.53. The molecule has 0 aliphatic heterocycles. The summed E-state index contributed by atoms with van der Waals surface area (Å²) < 4.78 is 0. The number of benzene rings is 2. The third-order valence-corrected chi connectivity index (χ3v) is 4.08. The summed E-state index contributed by atoms with van der Waals surface area (Å²) in [5.41, 5.74) is 2.35. The first-order chi connectivity index (χ1) is 11.9. The van der Waals surface area contributed by atoms with Gasteiger partial charge < -0.3 is 15.5 Å². The van der Waals surface area contributed by atoms with Crippen LogP contribution < -0.4 is 10.6 Å². The number of para-hydroxylation sites is 1. The van der Waals surface area contributed by atoms with Crippen molar-refractivity contribution in [3.8, 4) is 0 Å². The van der Waals surface area contributed by atoms with Gasteiger partial charge in [0.05, 0.1) is 12.5 Å². The number of anilines is 1. The van der Waals surface area contributed by atoms with Crippen molar-refractivity contribution in [1.82, 2.24) is 10.2 Å². The number of hydrogen-bond donors (Lipinski definition) is 2. The zero-order valence-corrected chi connectivity index (χ0v) is 15.3. The second-order valence-electron chi connectivity index (χ2n) is 5.99. The largest absolute Gasteiger partial charge is 0.349 e. The summed E-state index contributed by atoms with van der Waals surface area (Å²) in [6.07, 6.45) is 0.232. The Morgan fingerprint density at radius 3 is 2.36 bits per heavy atom. The van der Waals surface area contributed by atoms with Gasteiger partial charge in [-0.3, -0.25) is 4.79 Å². The van der Waals surface area contributed by atoms with Crippen molar-refractivity contribution in [3.63, 3.8) is 0 Å². The van der Waals surface area contributed by atoms with Gasteiger partial charge in [-0.1, -0.05) is 41.9 Å². The van der Waals surface area contributed by atoms with Gasteiger partial charge in [0.15, 0.2) is 0 Å². The molecule has 0 aliphatic carbocycles. The third-order valence-electron chi connectivity index (χ3n) is 3.82. The number of amides is 3. The molecule has 0 aromatic heterocycles. The number of likely N-dealkylation sites (N-methyl/N-ethyl adjacent to an activating group) is 1. The second kappa shape index (κ2) is 8.53. The van der Waals surface area contributed by atoms with Crippen LogP contribution in [0.1, 0.15) is 24.1 Å². The minimum absolute atomic E-state index is 0.0239. The van der Waals surface area contributed by atoms with Crippen LogP contribution in [0.4, 0.5) is 10.5 Å². The van der Waals surface area contributed by atoms with Gasteiger partial charge in [-0.2, -0.15) is 0 Å². The van der Waals surface area contributed by atoms with E-state index in [1.54, 1.807) is 32.3 Å². The Kier molecular flexibility index (Phi) is 6.42. The molecular formula is C19H22ClN3O2. The highest BCUT2D eigenvalue weighted by atomic mass is 35.5. The molecule has 2 aromatic rings. The van der Waals surface area contributed by atoms with Crippen LogP contribution in [0, 0.1) is 0 Å². The van der Waals surface area contributed by atoms with E-state index in [0.717, 1.165) is 11.1 Å². The summed E-state index contributed by atoms with van der Waals surface area (Å²) in [5.74, 6) is -0.0239. The molecule has 5 nitrogen and oxygen atoms in total. The summed E-state index contributed by atoms with van der Waals surface area (Å²) in [6.45, 7) is 1.89. The van der Waals surface area contributed by atoms with E-state index in [4.69, 9.17) is 11.6 Å². The highest BCUT2D eigenvalue weighted by molar-refractivity contribution is 6.30. The van der Waals surface area contributed by atoms with Crippen LogP contribution in [0.2, 0.25) is 5.02 Å². The van der Waals surface area contributed by atoms with Gasteiger partial charge >= 0.3 is 6.03 Å². The minimum Gasteiger partial charge on any atom is -0.349 e. The first kappa shape index (κ1) is 18.8. The van der Waals surface area contributed by atoms with Gasteiger partial charge in [0.25, 0.3) is 0 Å². The van der Waals surface area contributed by atoms with Crippen molar-refractivity contribution in [2.24, 2.45) is 0 Å². The van der Waals surface area contributed by atoms with Crippen LogP contribution >= 0.6 is 11.6 Å². The molecule has 0 heterocycles. The van der Waals surface area contributed by atoms with Crippen LogP contribution in [0.5, 0.6) is 0 Å². The fourth-order valence-electron chi connectivity index (χ4n) is 2.31. The highest BCUT2D eigenvalue weighted by Gasteiger charge is 2.13. The molecule has 0 saturated carbocycles. The molecule has 2 rings (SSSR count). The van der Waals surface area contributed by atoms with Crippen LogP contribution in [0.3, 0.4) is 0 Å². The number of nitrogens with one attached hydrogen (secondary N) is 2. The topological polar surface area (TPSA) is 61.4 Å². The molecule has 132 valence electrons. The zero-order chi connectivity index (χ0) is 18.4. The summed E-state index contributed by atoms with van der Waals surface area (Å²) >= 11 is 5.88. The third kappa shape index (κ3) is 5.50. The molecule has 0 aliphatic rings. The van der Waals surface area contributed by atoms with Crippen molar-refractivity contribution < 1.29 is 9.59 Å². The second-order valence-corrected chi connectivity index (χ2v) is 6.43. The van der Waals surface area contributed by atoms with E-state index < -0.39 is 0 Å². The Morgan fingerprint density at radius 1 is 1.08 bits per heavy atom. The molecule has 0 radical (unpaired) electrons. The average Bonchev–Trinajstić information content (AvgIpc) is 2.57. The lowest BCUT2D eigenvalue weighted by molar-refractivity contribution is -0.127. The van der Waals surface area contributed by atoms with E-state index in [1.807, 2.05) is 37.3 Å². The van der Waals surface area contributed by atoms with Gasteiger partial charge in [-0.15, -0.1) is 0 Å². The normalized spacial score (nSPS) is 11.5. The maximum Gasteiger partial charge on any atom is 0.319 e. The average molecular weight is 360 g/mol. The Labute approximate surface area is 153 Å². The molecule has 2 aromatic carbocycles. The van der Waals surface area contributed by atoms with E-state index in [1.165, 1.54) is 4.90 Å². The maximum atomic E-state index is 12.3. The van der Waals surface area contributed by atoms with E-state index in [2.05, 4.69) is 10.6 Å². The lowest BCUT2D eigenvalue weighted by atomic mass is 10.1. The Balaban J connectivity index is 2.03. The SMILES string of the molecule is CC(NC(=O)Nc1ccccc1CC(=O)N(C)C)c1ccc(Cl)cc1. The summed E-state index contributed by atoms with van der Waals surface area (Å²) in [4.78, 5) is 25.7. The van der Waals surface area contributed by atoms with Gasteiger partial charge in [0.1, 0.15) is 0 Å². The number of urea groups is 1. The number of rotatable bonds is 5. The number of carbonyl (C=O) groups is 2. The number of hydrogen-bond acceptors (Lipinski definition) is 2. The standard InChI is InChI=1S/C19H22ClN3O2/c1-13(14-8-10-16(20)11-9-14)21-19(25)22-17-7-5-4-6-15(17)12-18(24)23(2)3/h4-11,13H,12H2,1-3H3,(H2,21,22,25). The van der Waals surface area contributed by atoms with E-state index in [0.29, 0.717) is 10.7 Å². The van der Waals surface area contributed by atoms with Gasteiger partial charge in [-0.05, 0) is 36.2 Å². The quantitative estimate of drug-likeness (QED) is 0.851. The van der Waals surface area contributed by atoms with Gasteiger partial charge in [0, 0.05) is 24.8 Å². The number of carbonyl (C=O) groups excluding carboxylic acids is 2. The van der Waals surface area contributed by atoms with Crippen LogP contribution in [0.25, 0.3) is 0 Å². The molecule has 2 N–H and O–H groups in total. The molecule has 6 heteroatoms. The molecular weight excluding hydrogens is 338 g/mol. The summed E-state index contributed by atoms with van der Waals surface area (Å²) in [6, 6.07) is 14.1. The van der Waals surface area contributed by atoms with Crippen molar-refractivity contribution in [2.45, 2.75) is 19.4 Å². The Morgan fingerprint density at radius 2 is 1.72 bits per heavy atom. The van der Waals surface area contributed by atoms with Crippen molar-refractivity contribution in [1.29, 1.82) is 0 Å². The van der Waals surface area contributed by atoms with E-state index in [9.17, 15) is 9.59 Å². The van der Waals surface area contributed by atoms with Crippen LogP contribution in [-0.4, -0.2) is 30.9 Å². The molecule has 25 heavy (non-hydrogen) atoms. The Bertz CT molecular complexity index is 745. The summed E-state index contributed by atoms with van der Waals surface area (Å²) in [5, 5.41) is 6.35. The van der Waals surface area contributed by atoms with E-state index in [-0.39, 0.29) is 24.4 Å². The molecule has 0 fully saturated rings. The smallest absolute Gasteiger partial charge is 0.319 e. The van der Waals surface area contributed by atoms with Crippen LogP contribution in [-0.2, 0) is 11.2 Å². The fraction of sp³-hybridized carbons (Fsp3) is 0.263. The van der Waals surface area contributed by atoms with E-state index >= 15 is 0 Å². The lowest BCUT2D eigenvalue weighted by Crippen LogP contribution is -2.31. The molecule has 0 saturated heterocycles. The van der Waals surface area contributed by atoms with Crippen molar-refractivity contribution in [3.05, 3.63) is 64.7 Å². The fourth-order valence-corrected chi connectivity index (χ4v) is 2.43. The van der Waals surface area contributed by atoms with Crippen molar-refractivity contribution >= 4 is 29.2 Å². The summed E-state index contributed by atoms with van der Waals surface area (Å²) in [7, 11) is 3.41. The monoisotopic (exact) mass is 359 g/mol. The zero-order valence-electron chi connectivity index (χ0n) is 14.5. The van der Waals surface area contributed by atoms with Crippen LogP contribution in [0.15, 0.2) is 48.5 Å². The van der Waals surface area contributed by atoms with Gasteiger partial charge in [0.2, 0.25) is 5.91 Å². The molecule has 1 unspecified atom stereocenters. The predicted octanol–water partition coefficient (Wildman–Crippen LogP) is 3.85. The molecule has 0 bridgehead atoms. The first-order valence-corrected chi connectivity index (χ1v) is 8.35. The minimum atomic E-state index is -0.327. The number of halogens is 1. The lowest BCUT2D eigenvalue weighted by Gasteiger charge is -2.17. The van der Waals surface area contributed by atoms with Gasteiger partial charge in [-0.25, -0.2) is 4.79 Å². The highest BCUT2D eigenvalue weighted by Crippen LogP contribution is 2.18. The first-order valence-electron chi connectivity index (χ1n) is 7.98. The van der Waals surface area contributed by atoms with Crippen molar-refractivity contribution in [2.75, 3.05) is 19.4 Å². The molecule has 0 spiro atoms. The predicted molar refractivity (Wildman–Crippen MR) is 101 cm³/mol. The number of nitrogens with zero attached hydrogens (tertiary/aromatic N) is 1. The molecule has 3 amide bonds. The maximum absolute atomic E-state index is 12.3.